The molecule has 0 fully saturated rings. The topological polar surface area (TPSA) is 12.0 Å². The molecule has 0 saturated carbocycles. The zero-order valence-corrected chi connectivity index (χ0v) is 16.3. The van der Waals surface area contributed by atoms with Crippen molar-refractivity contribution in [3.8, 4) is 0 Å². The highest BCUT2D eigenvalue weighted by atomic mass is 127. The summed E-state index contributed by atoms with van der Waals surface area (Å²) in [6.45, 7) is 18.3. The van der Waals surface area contributed by atoms with Gasteiger partial charge in [0, 0.05) is 16.2 Å². The molecule has 0 aliphatic carbocycles. The largest absolute Gasteiger partial charge is 0.389 e. The third-order valence-electron chi connectivity index (χ3n) is 3.71. The molecule has 0 bridgehead atoms. The Labute approximate surface area is 140 Å². The minimum Gasteiger partial charge on any atom is -0.389 e. The van der Waals surface area contributed by atoms with Crippen LogP contribution in [0.5, 0.6) is 0 Å². The summed E-state index contributed by atoms with van der Waals surface area (Å²) in [4.78, 5) is 0. The van der Waals surface area contributed by atoms with E-state index in [1.54, 1.807) is 0 Å². The predicted molar refractivity (Wildman–Crippen MR) is 101 cm³/mol. The number of nitrogens with one attached hydrogen (secondary N) is 1. The standard InChI is InChI=1S/C18H32IN/c1-8-14(5)17(11-15(6)20-9-2)12-18(16(7)19)10-13(3)4/h10-11,14,16-17,20H,3,8-9,12H2,1-2,4-7H3/b15-11-,18-10+/t14?,16-,17?/m0/s1. The van der Waals surface area contributed by atoms with E-state index in [4.69, 9.17) is 0 Å². The number of alkyl halides is 1. The average Bonchev–Trinajstić information content (AvgIpc) is 2.35. The lowest BCUT2D eigenvalue weighted by atomic mass is 9.84. The lowest BCUT2D eigenvalue weighted by Gasteiger charge is -2.24. The molecule has 0 aromatic carbocycles. The Hall–Kier alpha value is -0.250. The molecule has 0 amide bonds. The zero-order chi connectivity index (χ0) is 15.7. The van der Waals surface area contributed by atoms with Gasteiger partial charge in [-0.25, -0.2) is 0 Å². The molecule has 2 heteroatoms. The molecule has 0 radical (unpaired) electrons. The Morgan fingerprint density at radius 3 is 2.25 bits per heavy atom. The lowest BCUT2D eigenvalue weighted by molar-refractivity contribution is 0.408. The van der Waals surface area contributed by atoms with E-state index in [0.717, 1.165) is 18.5 Å². The van der Waals surface area contributed by atoms with E-state index >= 15 is 0 Å². The summed E-state index contributed by atoms with van der Waals surface area (Å²) in [6.07, 6.45) is 7.04. The minimum absolute atomic E-state index is 0.559. The molecule has 0 aliphatic rings. The van der Waals surface area contributed by atoms with Crippen LogP contribution in [-0.4, -0.2) is 10.5 Å². The first-order valence-corrected chi connectivity index (χ1v) is 8.98. The van der Waals surface area contributed by atoms with Crippen LogP contribution in [0.25, 0.3) is 0 Å². The van der Waals surface area contributed by atoms with Gasteiger partial charge in [0.1, 0.15) is 0 Å². The van der Waals surface area contributed by atoms with Crippen LogP contribution >= 0.6 is 22.6 Å². The molecule has 0 heterocycles. The molecule has 0 aromatic rings. The Bertz CT molecular complexity index is 352. The van der Waals surface area contributed by atoms with Crippen LogP contribution in [0.15, 0.2) is 35.6 Å². The molecular formula is C18H32IN. The van der Waals surface area contributed by atoms with Crippen molar-refractivity contribution in [2.24, 2.45) is 11.8 Å². The van der Waals surface area contributed by atoms with Gasteiger partial charge in [-0.15, -0.1) is 0 Å². The molecular weight excluding hydrogens is 357 g/mol. The average molecular weight is 389 g/mol. The molecule has 2 unspecified atom stereocenters. The van der Waals surface area contributed by atoms with Crippen LogP contribution in [0.1, 0.15) is 54.4 Å². The highest BCUT2D eigenvalue weighted by Crippen LogP contribution is 2.29. The van der Waals surface area contributed by atoms with Crippen molar-refractivity contribution < 1.29 is 0 Å². The van der Waals surface area contributed by atoms with Gasteiger partial charge in [0.2, 0.25) is 0 Å². The molecule has 20 heavy (non-hydrogen) atoms. The molecule has 0 rings (SSSR count). The first kappa shape index (κ1) is 19.8. The normalized spacial score (nSPS) is 17.6. The number of rotatable bonds is 9. The quantitative estimate of drug-likeness (QED) is 0.295. The van der Waals surface area contributed by atoms with Crippen LogP contribution in [-0.2, 0) is 0 Å². The second-order valence-electron chi connectivity index (χ2n) is 5.82. The highest BCUT2D eigenvalue weighted by molar-refractivity contribution is 14.1. The van der Waals surface area contributed by atoms with Gasteiger partial charge in [-0.3, -0.25) is 0 Å². The monoisotopic (exact) mass is 389 g/mol. The third-order valence-corrected chi connectivity index (χ3v) is 4.51. The van der Waals surface area contributed by atoms with E-state index in [1.807, 2.05) is 0 Å². The van der Waals surface area contributed by atoms with Gasteiger partial charge in [-0.05, 0) is 46.0 Å². The van der Waals surface area contributed by atoms with Crippen molar-refractivity contribution in [3.05, 3.63) is 35.6 Å². The van der Waals surface area contributed by atoms with Crippen molar-refractivity contribution in [1.29, 1.82) is 0 Å². The number of hydrogen-bond donors (Lipinski definition) is 1. The van der Waals surface area contributed by atoms with E-state index in [9.17, 15) is 0 Å². The fourth-order valence-corrected chi connectivity index (χ4v) is 2.74. The number of hydrogen-bond acceptors (Lipinski definition) is 1. The van der Waals surface area contributed by atoms with Gasteiger partial charge in [0.05, 0.1) is 0 Å². The first-order chi connectivity index (χ1) is 9.31. The molecule has 116 valence electrons. The molecule has 0 aromatic heterocycles. The van der Waals surface area contributed by atoms with Gasteiger partial charge >= 0.3 is 0 Å². The Morgan fingerprint density at radius 1 is 1.25 bits per heavy atom. The molecule has 0 saturated heterocycles. The maximum Gasteiger partial charge on any atom is 0.0293 e. The summed E-state index contributed by atoms with van der Waals surface area (Å²) < 4.78 is 0.559. The number of halogens is 1. The Balaban J connectivity index is 5.14. The second-order valence-corrected chi connectivity index (χ2v) is 7.68. The van der Waals surface area contributed by atoms with Crippen LogP contribution in [0, 0.1) is 11.8 Å². The number of allylic oxidation sites excluding steroid dienone is 5. The summed E-state index contributed by atoms with van der Waals surface area (Å²) in [5, 5.41) is 3.42. The molecule has 0 spiro atoms. The van der Waals surface area contributed by atoms with Crippen molar-refractivity contribution in [2.75, 3.05) is 6.54 Å². The molecule has 1 nitrogen and oxygen atoms in total. The minimum atomic E-state index is 0.559. The van der Waals surface area contributed by atoms with E-state index in [0.29, 0.717) is 15.8 Å². The summed E-state index contributed by atoms with van der Waals surface area (Å²) in [5.41, 5.74) is 3.95. The van der Waals surface area contributed by atoms with Crippen LogP contribution in [0.4, 0.5) is 0 Å². The smallest absolute Gasteiger partial charge is 0.0293 e. The predicted octanol–water partition coefficient (Wildman–Crippen LogP) is 5.88. The highest BCUT2D eigenvalue weighted by Gasteiger charge is 2.17. The molecule has 0 aliphatic heterocycles. The molecule has 3 atom stereocenters. The maximum absolute atomic E-state index is 4.03. The Kier molecular flexibility index (Phi) is 10.3. The second kappa shape index (κ2) is 10.5. The van der Waals surface area contributed by atoms with E-state index in [2.05, 4.69) is 88.2 Å². The van der Waals surface area contributed by atoms with E-state index < -0.39 is 0 Å². The van der Waals surface area contributed by atoms with Crippen molar-refractivity contribution >= 4 is 22.6 Å². The summed E-state index contributed by atoms with van der Waals surface area (Å²) in [7, 11) is 0. The summed E-state index contributed by atoms with van der Waals surface area (Å²) >= 11 is 2.51. The van der Waals surface area contributed by atoms with Crippen LogP contribution in [0.3, 0.4) is 0 Å². The third kappa shape index (κ3) is 8.13. The van der Waals surface area contributed by atoms with Crippen molar-refractivity contribution in [1.82, 2.24) is 5.32 Å². The van der Waals surface area contributed by atoms with Crippen molar-refractivity contribution in [3.63, 3.8) is 0 Å². The van der Waals surface area contributed by atoms with Crippen LogP contribution in [0.2, 0.25) is 0 Å². The fraction of sp³-hybridized carbons (Fsp3) is 0.667. The summed E-state index contributed by atoms with van der Waals surface area (Å²) in [6, 6.07) is 0. The first-order valence-electron chi connectivity index (χ1n) is 7.74. The SMILES string of the molecule is C=C(C)/C=C(\CC(/C=C(/C)NCC)C(C)CC)[C@H](C)I. The van der Waals surface area contributed by atoms with Gasteiger partial charge in [-0.2, -0.15) is 0 Å². The maximum atomic E-state index is 4.03. The lowest BCUT2D eigenvalue weighted by Crippen LogP contribution is -2.16. The Morgan fingerprint density at radius 2 is 1.85 bits per heavy atom. The van der Waals surface area contributed by atoms with Crippen molar-refractivity contribution in [2.45, 2.75) is 58.3 Å². The van der Waals surface area contributed by atoms with E-state index in [1.165, 1.54) is 17.7 Å². The van der Waals surface area contributed by atoms with Gasteiger partial charge in [0.25, 0.3) is 0 Å². The molecule has 1 N–H and O–H groups in total. The van der Waals surface area contributed by atoms with Crippen LogP contribution < -0.4 is 5.32 Å². The van der Waals surface area contributed by atoms with Gasteiger partial charge in [0.15, 0.2) is 0 Å². The fourth-order valence-electron chi connectivity index (χ4n) is 2.31. The van der Waals surface area contributed by atoms with E-state index in [-0.39, 0.29) is 0 Å². The van der Waals surface area contributed by atoms with Gasteiger partial charge in [-0.1, -0.05) is 72.7 Å². The zero-order valence-electron chi connectivity index (χ0n) is 14.1. The van der Waals surface area contributed by atoms with Gasteiger partial charge < -0.3 is 5.32 Å². The summed E-state index contributed by atoms with van der Waals surface area (Å²) in [5.74, 6) is 1.30.